The maximum atomic E-state index is 12.9. The predicted molar refractivity (Wildman–Crippen MR) is 93.5 cm³/mol. The Morgan fingerprint density at radius 1 is 1.17 bits per heavy atom. The number of rotatable bonds is 6. The summed E-state index contributed by atoms with van der Waals surface area (Å²) in [7, 11) is 0. The van der Waals surface area contributed by atoms with Gasteiger partial charge in [0.1, 0.15) is 49.6 Å². The largest absolute Gasteiger partial charge is 0.463 e. The molecule has 10 heteroatoms. The Morgan fingerprint density at radius 3 is 2.55 bits per heavy atom. The molecule has 0 radical (unpaired) electrons. The Bertz CT molecular complexity index is 751. The van der Waals surface area contributed by atoms with Crippen LogP contribution in [0, 0.1) is 5.82 Å². The van der Waals surface area contributed by atoms with Crippen LogP contribution in [-0.2, 0) is 28.5 Å². The third kappa shape index (κ3) is 5.58. The van der Waals surface area contributed by atoms with Crippen molar-refractivity contribution < 1.29 is 48.2 Å². The zero-order valence-corrected chi connectivity index (χ0v) is 15.2. The molecule has 1 aromatic carbocycles. The minimum atomic E-state index is -1.61. The van der Waals surface area contributed by atoms with Crippen LogP contribution >= 0.6 is 0 Å². The topological polar surface area (TPSA) is 132 Å². The number of hydrogen-bond donors (Lipinski definition) is 3. The first-order valence-corrected chi connectivity index (χ1v) is 8.94. The Kier molecular flexibility index (Phi) is 6.93. The van der Waals surface area contributed by atoms with Gasteiger partial charge in [0.05, 0.1) is 6.42 Å². The summed E-state index contributed by atoms with van der Waals surface area (Å²) in [5, 5.41) is 30.1. The highest BCUT2D eigenvalue weighted by atomic mass is 19.1. The van der Waals surface area contributed by atoms with E-state index >= 15 is 0 Å². The van der Waals surface area contributed by atoms with Crippen molar-refractivity contribution in [2.75, 3.05) is 13.2 Å². The molecule has 0 bridgehead atoms. The molecule has 6 atom stereocenters. The number of benzene rings is 1. The summed E-state index contributed by atoms with van der Waals surface area (Å²) in [6.07, 6.45) is -5.36. The highest BCUT2D eigenvalue weighted by Crippen LogP contribution is 2.25. The Hall–Kier alpha value is -2.37. The fraction of sp³-hybridized carbons (Fsp3) is 0.474. The number of carbonyl (C=O) groups is 2. The first-order valence-electron chi connectivity index (χ1n) is 8.94. The van der Waals surface area contributed by atoms with Gasteiger partial charge in [-0.3, -0.25) is 4.79 Å². The van der Waals surface area contributed by atoms with E-state index in [4.69, 9.17) is 18.9 Å². The van der Waals surface area contributed by atoms with Gasteiger partial charge in [0, 0.05) is 6.08 Å². The molecule has 3 rings (SSSR count). The average molecular weight is 412 g/mol. The average Bonchev–Trinajstić information content (AvgIpc) is 3.11. The molecular formula is C19H21FO9. The van der Waals surface area contributed by atoms with Gasteiger partial charge < -0.3 is 34.3 Å². The minimum Gasteiger partial charge on any atom is -0.463 e. The van der Waals surface area contributed by atoms with Crippen molar-refractivity contribution in [1.29, 1.82) is 0 Å². The van der Waals surface area contributed by atoms with E-state index in [1.54, 1.807) is 0 Å². The number of esters is 2. The first kappa shape index (κ1) is 21.3. The van der Waals surface area contributed by atoms with E-state index < -0.39 is 61.2 Å². The van der Waals surface area contributed by atoms with Gasteiger partial charge in [0.25, 0.3) is 0 Å². The number of aliphatic hydroxyl groups excluding tert-OH is 3. The van der Waals surface area contributed by atoms with Crippen LogP contribution in [0.4, 0.5) is 4.39 Å². The second-order valence-corrected chi connectivity index (χ2v) is 6.67. The van der Waals surface area contributed by atoms with Gasteiger partial charge in [0.2, 0.25) is 0 Å². The predicted octanol–water partition coefficient (Wildman–Crippen LogP) is -0.478. The summed E-state index contributed by atoms with van der Waals surface area (Å²) in [6, 6.07) is 5.44. The van der Waals surface area contributed by atoms with Crippen molar-refractivity contribution in [1.82, 2.24) is 0 Å². The van der Waals surface area contributed by atoms with Crippen molar-refractivity contribution >= 4 is 18.0 Å². The normalized spacial score (nSPS) is 32.3. The molecule has 0 spiro atoms. The zero-order valence-electron chi connectivity index (χ0n) is 15.2. The summed E-state index contributed by atoms with van der Waals surface area (Å²) in [6.45, 7) is -0.435. The summed E-state index contributed by atoms with van der Waals surface area (Å²) >= 11 is 0. The molecule has 2 aliphatic rings. The number of aliphatic hydroxyl groups is 3. The van der Waals surface area contributed by atoms with Crippen LogP contribution in [0.25, 0.3) is 6.08 Å². The van der Waals surface area contributed by atoms with E-state index in [0.717, 1.165) is 6.08 Å². The maximum Gasteiger partial charge on any atom is 0.330 e. The third-order valence-electron chi connectivity index (χ3n) is 4.49. The van der Waals surface area contributed by atoms with E-state index in [9.17, 15) is 29.3 Å². The Balaban J connectivity index is 1.53. The Labute approximate surface area is 165 Å². The van der Waals surface area contributed by atoms with Crippen molar-refractivity contribution in [2.24, 2.45) is 0 Å². The lowest BCUT2D eigenvalue weighted by Gasteiger charge is -2.40. The fourth-order valence-corrected chi connectivity index (χ4v) is 2.88. The second-order valence-electron chi connectivity index (χ2n) is 6.67. The molecule has 3 N–H and O–H groups in total. The lowest BCUT2D eigenvalue weighted by Crippen LogP contribution is -2.60. The van der Waals surface area contributed by atoms with Crippen LogP contribution in [0.15, 0.2) is 30.3 Å². The molecule has 2 heterocycles. The summed E-state index contributed by atoms with van der Waals surface area (Å²) in [5.41, 5.74) is 0.581. The number of cyclic esters (lactones) is 1. The van der Waals surface area contributed by atoms with Crippen LogP contribution < -0.4 is 0 Å². The summed E-state index contributed by atoms with van der Waals surface area (Å²) in [4.78, 5) is 23.0. The van der Waals surface area contributed by atoms with E-state index in [-0.39, 0.29) is 13.0 Å². The van der Waals surface area contributed by atoms with Crippen LogP contribution in [0.5, 0.6) is 0 Å². The van der Waals surface area contributed by atoms with Gasteiger partial charge >= 0.3 is 11.9 Å². The van der Waals surface area contributed by atoms with Crippen LogP contribution in [0.2, 0.25) is 0 Å². The molecular weight excluding hydrogens is 391 g/mol. The summed E-state index contributed by atoms with van der Waals surface area (Å²) in [5.74, 6) is -1.61. The van der Waals surface area contributed by atoms with Gasteiger partial charge in [-0.1, -0.05) is 12.1 Å². The quantitative estimate of drug-likeness (QED) is 0.419. The van der Waals surface area contributed by atoms with E-state index in [1.165, 1.54) is 30.3 Å². The van der Waals surface area contributed by atoms with Gasteiger partial charge in [0.15, 0.2) is 6.29 Å². The first-order chi connectivity index (χ1) is 13.8. The minimum absolute atomic E-state index is 0.0160. The SMILES string of the molecule is O=C(/C=C/c1ccc(F)cc1)OC[C@H]1O[C@@H](O[C@H]2COC(=O)C2)[C@H](O)[C@@H](O)[C@@H]1O. The second kappa shape index (κ2) is 9.42. The van der Waals surface area contributed by atoms with Crippen LogP contribution in [-0.4, -0.2) is 77.3 Å². The van der Waals surface area contributed by atoms with Crippen molar-refractivity contribution in [3.63, 3.8) is 0 Å². The standard InChI is InChI=1S/C19H21FO9/c20-11-4-1-10(2-5-11)3-6-14(21)27-9-13-16(23)17(24)18(25)19(29-13)28-12-7-15(22)26-8-12/h1-6,12-13,16-19,23-25H,7-9H2/b6-3+/t12-,13-,16-,17+,18-,19-/m1/s1. The van der Waals surface area contributed by atoms with Gasteiger partial charge in [-0.15, -0.1) is 0 Å². The smallest absolute Gasteiger partial charge is 0.330 e. The molecule has 0 aromatic heterocycles. The van der Waals surface area contributed by atoms with E-state index in [0.29, 0.717) is 5.56 Å². The lowest BCUT2D eigenvalue weighted by atomic mass is 9.99. The van der Waals surface area contributed by atoms with E-state index in [2.05, 4.69) is 0 Å². The zero-order chi connectivity index (χ0) is 21.0. The van der Waals surface area contributed by atoms with E-state index in [1.807, 2.05) is 0 Å². The number of ether oxygens (including phenoxy) is 4. The molecule has 0 saturated carbocycles. The van der Waals surface area contributed by atoms with Gasteiger partial charge in [-0.2, -0.15) is 0 Å². The number of hydrogen-bond acceptors (Lipinski definition) is 9. The number of carbonyl (C=O) groups excluding carboxylic acids is 2. The lowest BCUT2D eigenvalue weighted by molar-refractivity contribution is -0.311. The molecule has 2 aliphatic heterocycles. The molecule has 1 aromatic rings. The Morgan fingerprint density at radius 2 is 1.90 bits per heavy atom. The molecule has 29 heavy (non-hydrogen) atoms. The molecule has 158 valence electrons. The van der Waals surface area contributed by atoms with Crippen molar-refractivity contribution in [3.05, 3.63) is 41.7 Å². The molecule has 9 nitrogen and oxygen atoms in total. The highest BCUT2D eigenvalue weighted by molar-refractivity contribution is 5.87. The van der Waals surface area contributed by atoms with Crippen molar-refractivity contribution in [3.8, 4) is 0 Å². The highest BCUT2D eigenvalue weighted by Gasteiger charge is 2.46. The van der Waals surface area contributed by atoms with Crippen LogP contribution in [0.1, 0.15) is 12.0 Å². The molecule has 0 amide bonds. The van der Waals surface area contributed by atoms with Crippen LogP contribution in [0.3, 0.4) is 0 Å². The fourth-order valence-electron chi connectivity index (χ4n) is 2.88. The maximum absolute atomic E-state index is 12.9. The molecule has 0 unspecified atom stereocenters. The van der Waals surface area contributed by atoms with Gasteiger partial charge in [-0.25, -0.2) is 9.18 Å². The monoisotopic (exact) mass is 412 g/mol. The number of halogens is 1. The van der Waals surface area contributed by atoms with Gasteiger partial charge in [-0.05, 0) is 23.8 Å². The third-order valence-corrected chi connectivity index (χ3v) is 4.49. The van der Waals surface area contributed by atoms with Crippen molar-refractivity contribution in [2.45, 2.75) is 43.2 Å². The molecule has 2 fully saturated rings. The molecule has 0 aliphatic carbocycles. The summed E-state index contributed by atoms with van der Waals surface area (Å²) < 4.78 is 33.5. The molecule has 2 saturated heterocycles.